The normalized spacial score (nSPS) is 21.4. The van der Waals surface area contributed by atoms with Gasteiger partial charge in [0.1, 0.15) is 5.78 Å². The Morgan fingerprint density at radius 3 is 2.23 bits per heavy atom. The van der Waals surface area contributed by atoms with E-state index in [0.29, 0.717) is 24.4 Å². The predicted molar refractivity (Wildman–Crippen MR) is 102 cm³/mol. The summed E-state index contributed by atoms with van der Waals surface area (Å²) >= 11 is 0. The second-order valence-corrected chi connectivity index (χ2v) is 9.02. The van der Waals surface area contributed by atoms with Crippen LogP contribution in [-0.2, 0) is 21.2 Å². The molecule has 1 saturated heterocycles. The van der Waals surface area contributed by atoms with Crippen LogP contribution >= 0.6 is 0 Å². The highest BCUT2D eigenvalue weighted by Crippen LogP contribution is 2.32. The summed E-state index contributed by atoms with van der Waals surface area (Å²) in [5, 5.41) is 0. The van der Waals surface area contributed by atoms with Crippen molar-refractivity contribution < 1.29 is 13.2 Å². The topological polar surface area (TPSA) is 54.5 Å². The van der Waals surface area contributed by atoms with Gasteiger partial charge in [-0.2, -0.15) is 4.31 Å². The first-order valence-electron chi connectivity index (χ1n) is 9.05. The Morgan fingerprint density at radius 2 is 1.62 bits per heavy atom. The zero-order valence-corrected chi connectivity index (χ0v) is 15.9. The third-order valence-electron chi connectivity index (χ3n) is 5.13. The van der Waals surface area contributed by atoms with Crippen LogP contribution in [0.1, 0.15) is 25.3 Å². The molecule has 4 nitrogen and oxygen atoms in total. The molecule has 2 aromatic carbocycles. The smallest absolute Gasteiger partial charge is 0.243 e. The van der Waals surface area contributed by atoms with Crippen molar-refractivity contribution in [2.24, 2.45) is 11.8 Å². The molecule has 0 amide bonds. The molecule has 26 heavy (non-hydrogen) atoms. The van der Waals surface area contributed by atoms with Gasteiger partial charge in [-0.25, -0.2) is 8.42 Å². The van der Waals surface area contributed by atoms with E-state index in [9.17, 15) is 13.2 Å². The Balaban J connectivity index is 1.82. The lowest BCUT2D eigenvalue weighted by Crippen LogP contribution is -2.44. The summed E-state index contributed by atoms with van der Waals surface area (Å²) in [4.78, 5) is 12.0. The summed E-state index contributed by atoms with van der Waals surface area (Å²) in [5.41, 5.74) is 1.19. The number of piperidine rings is 1. The monoisotopic (exact) mass is 371 g/mol. The molecule has 0 radical (unpaired) electrons. The molecule has 1 fully saturated rings. The molecule has 0 N–H and O–H groups in total. The quantitative estimate of drug-likeness (QED) is 0.780. The van der Waals surface area contributed by atoms with Crippen molar-refractivity contribution in [1.82, 2.24) is 4.31 Å². The maximum absolute atomic E-state index is 13.0. The molecule has 1 aliphatic heterocycles. The molecule has 0 bridgehead atoms. The number of carbonyl (C=O) groups is 1. The van der Waals surface area contributed by atoms with E-state index in [1.165, 1.54) is 5.56 Å². The number of hydrogen-bond acceptors (Lipinski definition) is 3. The summed E-state index contributed by atoms with van der Waals surface area (Å²) in [6, 6.07) is 18.7. The van der Waals surface area contributed by atoms with Crippen molar-refractivity contribution in [2.75, 3.05) is 13.1 Å². The molecule has 1 heterocycles. The minimum Gasteiger partial charge on any atom is -0.300 e. The molecule has 2 atom stereocenters. The molecule has 5 heteroatoms. The summed E-state index contributed by atoms with van der Waals surface area (Å²) in [6.07, 6.45) is 2.04. The Morgan fingerprint density at radius 1 is 1.00 bits per heavy atom. The lowest BCUT2D eigenvalue weighted by Gasteiger charge is -2.38. The van der Waals surface area contributed by atoms with Crippen molar-refractivity contribution in [1.29, 1.82) is 0 Å². The zero-order chi connectivity index (χ0) is 18.6. The van der Waals surface area contributed by atoms with Gasteiger partial charge >= 0.3 is 0 Å². The van der Waals surface area contributed by atoms with E-state index in [-0.39, 0.29) is 17.6 Å². The average Bonchev–Trinajstić information content (AvgIpc) is 2.64. The number of carbonyl (C=O) groups excluding carboxylic acids is 1. The number of hydrogen-bond donors (Lipinski definition) is 0. The van der Waals surface area contributed by atoms with Crippen molar-refractivity contribution in [2.45, 2.75) is 31.1 Å². The van der Waals surface area contributed by atoms with Gasteiger partial charge in [0.25, 0.3) is 0 Å². The van der Waals surface area contributed by atoms with Crippen LogP contribution in [0.4, 0.5) is 0 Å². The van der Waals surface area contributed by atoms with Gasteiger partial charge in [0.15, 0.2) is 0 Å². The highest BCUT2D eigenvalue weighted by Gasteiger charge is 2.35. The van der Waals surface area contributed by atoms with Crippen LogP contribution in [0.25, 0.3) is 0 Å². The van der Waals surface area contributed by atoms with Gasteiger partial charge in [-0.15, -0.1) is 0 Å². The highest BCUT2D eigenvalue weighted by atomic mass is 32.2. The Bertz CT molecular complexity index is 834. The number of ketones is 1. The molecule has 0 aliphatic carbocycles. The summed E-state index contributed by atoms with van der Waals surface area (Å²) in [6.45, 7) is 2.55. The van der Waals surface area contributed by atoms with Crippen molar-refractivity contribution in [3.05, 3.63) is 66.2 Å². The van der Waals surface area contributed by atoms with Crippen LogP contribution in [0, 0.1) is 11.8 Å². The lowest BCUT2D eigenvalue weighted by atomic mass is 9.79. The van der Waals surface area contributed by atoms with E-state index in [4.69, 9.17) is 0 Å². The van der Waals surface area contributed by atoms with Crippen LogP contribution in [0.15, 0.2) is 65.6 Å². The molecule has 0 saturated carbocycles. The Kier molecular flexibility index (Phi) is 5.89. The molecular formula is C21H25NO3S. The molecule has 3 rings (SSSR count). The van der Waals surface area contributed by atoms with E-state index in [1.807, 2.05) is 24.3 Å². The first-order valence-corrected chi connectivity index (χ1v) is 10.5. The third-order valence-corrected chi connectivity index (χ3v) is 7.00. The van der Waals surface area contributed by atoms with Crippen LogP contribution in [0.2, 0.25) is 0 Å². The van der Waals surface area contributed by atoms with Gasteiger partial charge < -0.3 is 4.79 Å². The van der Waals surface area contributed by atoms with E-state index < -0.39 is 10.0 Å². The van der Waals surface area contributed by atoms with Gasteiger partial charge in [-0.1, -0.05) is 48.5 Å². The maximum Gasteiger partial charge on any atom is 0.243 e. The van der Waals surface area contributed by atoms with Gasteiger partial charge in [0.2, 0.25) is 10.0 Å². The SMILES string of the molecule is CC(=O)C[C@H]1CCN(S(=O)(=O)c2ccccc2)C[C@H]1Cc1ccccc1. The van der Waals surface area contributed by atoms with Crippen LogP contribution < -0.4 is 0 Å². The van der Waals surface area contributed by atoms with Crippen LogP contribution in [-0.4, -0.2) is 31.6 Å². The molecule has 1 aliphatic rings. The number of nitrogens with zero attached hydrogens (tertiary/aromatic N) is 1. The fourth-order valence-electron chi connectivity index (χ4n) is 3.79. The first-order chi connectivity index (χ1) is 12.5. The maximum atomic E-state index is 13.0. The first kappa shape index (κ1) is 18.8. The van der Waals surface area contributed by atoms with Gasteiger partial charge in [0, 0.05) is 19.5 Å². The number of benzene rings is 2. The highest BCUT2D eigenvalue weighted by molar-refractivity contribution is 7.89. The summed E-state index contributed by atoms with van der Waals surface area (Å²) in [5.74, 6) is 0.552. The van der Waals surface area contributed by atoms with Gasteiger partial charge in [-0.05, 0) is 49.3 Å². The van der Waals surface area contributed by atoms with E-state index >= 15 is 0 Å². The van der Waals surface area contributed by atoms with Crippen LogP contribution in [0.3, 0.4) is 0 Å². The second-order valence-electron chi connectivity index (χ2n) is 7.08. The Hall–Kier alpha value is -1.98. The van der Waals surface area contributed by atoms with E-state index in [2.05, 4.69) is 12.1 Å². The molecule has 0 unspecified atom stereocenters. The number of rotatable bonds is 6. The Labute approximate surface area is 155 Å². The lowest BCUT2D eigenvalue weighted by molar-refractivity contribution is -0.118. The fraction of sp³-hybridized carbons (Fsp3) is 0.381. The predicted octanol–water partition coefficient (Wildman–Crippen LogP) is 3.54. The van der Waals surface area contributed by atoms with Gasteiger partial charge in [0.05, 0.1) is 4.90 Å². The molecule has 2 aromatic rings. The number of Topliss-reactive ketones (excluding diaryl/α,β-unsaturated/α-hetero) is 1. The molecular weight excluding hydrogens is 346 g/mol. The zero-order valence-electron chi connectivity index (χ0n) is 15.0. The minimum atomic E-state index is -3.49. The molecule has 138 valence electrons. The standard InChI is InChI=1S/C21H25NO3S/c1-17(23)14-19-12-13-22(26(24,25)21-10-6-3-7-11-21)16-20(19)15-18-8-4-2-5-9-18/h2-11,19-20H,12-16H2,1H3/t19-,20-/m1/s1. The van der Waals surface area contributed by atoms with Crippen molar-refractivity contribution in [3.63, 3.8) is 0 Å². The summed E-state index contributed by atoms with van der Waals surface area (Å²) in [7, 11) is -3.49. The average molecular weight is 372 g/mol. The van der Waals surface area contributed by atoms with E-state index in [1.54, 1.807) is 35.5 Å². The van der Waals surface area contributed by atoms with Gasteiger partial charge in [-0.3, -0.25) is 0 Å². The van der Waals surface area contributed by atoms with Crippen molar-refractivity contribution >= 4 is 15.8 Å². The molecule has 0 aromatic heterocycles. The third kappa shape index (κ3) is 4.40. The fourth-order valence-corrected chi connectivity index (χ4v) is 5.33. The number of sulfonamides is 1. The molecule has 0 spiro atoms. The largest absolute Gasteiger partial charge is 0.300 e. The van der Waals surface area contributed by atoms with E-state index in [0.717, 1.165) is 12.8 Å². The second kappa shape index (κ2) is 8.14. The van der Waals surface area contributed by atoms with Crippen LogP contribution in [0.5, 0.6) is 0 Å². The van der Waals surface area contributed by atoms with Crippen molar-refractivity contribution in [3.8, 4) is 0 Å². The minimum absolute atomic E-state index is 0.147. The summed E-state index contributed by atoms with van der Waals surface area (Å²) < 4.78 is 27.5.